The average molecular weight is 399 g/mol. The molecule has 0 aliphatic rings. The Balaban J connectivity index is 1.86. The summed E-state index contributed by atoms with van der Waals surface area (Å²) in [5.41, 5.74) is 3.97. The second-order valence-electron chi connectivity index (χ2n) is 6.85. The highest BCUT2D eigenvalue weighted by molar-refractivity contribution is 6.08. The number of methoxy groups -OCH3 is 2. The van der Waals surface area contributed by atoms with Crippen LogP contribution in [0.3, 0.4) is 0 Å². The highest BCUT2D eigenvalue weighted by Gasteiger charge is 2.18. The van der Waals surface area contributed by atoms with Gasteiger partial charge in [-0.25, -0.2) is 9.07 Å². The number of ether oxygens (including phenoxy) is 2. The number of hydrogen-bond donors (Lipinski definition) is 0. The smallest absolute Gasteiger partial charge is 0.161 e. The highest BCUT2D eigenvalue weighted by Crippen LogP contribution is 2.37. The van der Waals surface area contributed by atoms with E-state index in [4.69, 9.17) is 14.6 Å². The van der Waals surface area contributed by atoms with Crippen LogP contribution in [-0.4, -0.2) is 29.0 Å². The lowest BCUT2D eigenvalue weighted by molar-refractivity contribution is 0.355. The molecule has 30 heavy (non-hydrogen) atoms. The molecule has 148 valence electrons. The van der Waals surface area contributed by atoms with Gasteiger partial charge in [-0.1, -0.05) is 18.2 Å². The Kier molecular flexibility index (Phi) is 4.32. The quantitative estimate of drug-likeness (QED) is 0.406. The second-order valence-corrected chi connectivity index (χ2v) is 6.85. The number of rotatable bonds is 4. The zero-order valence-electron chi connectivity index (χ0n) is 16.5. The van der Waals surface area contributed by atoms with Crippen LogP contribution in [-0.2, 0) is 0 Å². The molecule has 5 rings (SSSR count). The van der Waals surface area contributed by atoms with Gasteiger partial charge in [0.1, 0.15) is 11.5 Å². The monoisotopic (exact) mass is 399 g/mol. The third-order valence-corrected chi connectivity index (χ3v) is 5.13. The van der Waals surface area contributed by atoms with Gasteiger partial charge in [-0.2, -0.15) is 5.10 Å². The third kappa shape index (κ3) is 2.85. The lowest BCUT2D eigenvalue weighted by atomic mass is 10.1. The zero-order chi connectivity index (χ0) is 20.7. The van der Waals surface area contributed by atoms with E-state index in [0.717, 1.165) is 27.8 Å². The topological polar surface area (TPSA) is 49.2 Å². The summed E-state index contributed by atoms with van der Waals surface area (Å²) in [5, 5.41) is 6.43. The van der Waals surface area contributed by atoms with Gasteiger partial charge >= 0.3 is 0 Å². The molecule has 0 atom stereocenters. The lowest BCUT2D eigenvalue weighted by Crippen LogP contribution is -1.97. The Morgan fingerprint density at radius 2 is 1.63 bits per heavy atom. The van der Waals surface area contributed by atoms with E-state index >= 15 is 0 Å². The predicted octanol–water partition coefficient (Wildman–Crippen LogP) is 5.40. The highest BCUT2D eigenvalue weighted by atomic mass is 19.1. The molecule has 0 unspecified atom stereocenters. The summed E-state index contributed by atoms with van der Waals surface area (Å²) < 4.78 is 26.8. The van der Waals surface area contributed by atoms with Gasteiger partial charge in [0.15, 0.2) is 11.5 Å². The number of hydrogen-bond acceptors (Lipinski definition) is 4. The summed E-state index contributed by atoms with van der Waals surface area (Å²) >= 11 is 0. The fourth-order valence-corrected chi connectivity index (χ4v) is 3.71. The van der Waals surface area contributed by atoms with Crippen LogP contribution < -0.4 is 9.47 Å². The molecule has 0 bridgehead atoms. The van der Waals surface area contributed by atoms with Gasteiger partial charge in [-0.3, -0.25) is 4.98 Å². The molecule has 0 aliphatic carbocycles. The standard InChI is InChI=1S/C24H18FN3O2/c1-29-21-11-8-15(12-22(21)30-2)23-19-14-26-20-10-9-16(25)13-18(20)24(19)28(27-23)17-6-4-3-5-7-17/h3-14H,1-2H3. The number of para-hydroxylation sites is 1. The molecule has 0 radical (unpaired) electrons. The fraction of sp³-hybridized carbons (Fsp3) is 0.0833. The first kappa shape index (κ1) is 18.1. The second kappa shape index (κ2) is 7.15. The Hall–Kier alpha value is -3.93. The van der Waals surface area contributed by atoms with Gasteiger partial charge in [0.05, 0.1) is 30.9 Å². The SMILES string of the molecule is COc1ccc(-c2nn(-c3ccccc3)c3c2cnc2ccc(F)cc23)cc1OC. The minimum absolute atomic E-state index is 0.315. The van der Waals surface area contributed by atoms with E-state index < -0.39 is 0 Å². The zero-order valence-corrected chi connectivity index (χ0v) is 16.5. The Labute approximate surface area is 172 Å². The van der Waals surface area contributed by atoms with Crippen molar-refractivity contribution in [2.45, 2.75) is 0 Å². The van der Waals surface area contributed by atoms with E-state index in [-0.39, 0.29) is 5.82 Å². The molecule has 0 saturated heterocycles. The molecule has 6 heteroatoms. The molecule has 5 nitrogen and oxygen atoms in total. The minimum Gasteiger partial charge on any atom is -0.493 e. The fourth-order valence-electron chi connectivity index (χ4n) is 3.71. The molecule has 0 amide bonds. The molecular weight excluding hydrogens is 381 g/mol. The maximum Gasteiger partial charge on any atom is 0.161 e. The van der Waals surface area contributed by atoms with Crippen molar-refractivity contribution >= 4 is 21.8 Å². The normalized spacial score (nSPS) is 11.2. The number of halogens is 1. The Morgan fingerprint density at radius 1 is 0.833 bits per heavy atom. The van der Waals surface area contributed by atoms with Crippen molar-refractivity contribution in [3.63, 3.8) is 0 Å². The first-order chi connectivity index (χ1) is 14.7. The van der Waals surface area contributed by atoms with Gasteiger partial charge in [-0.05, 0) is 48.5 Å². The molecule has 0 aliphatic heterocycles. The maximum absolute atomic E-state index is 14.1. The van der Waals surface area contributed by atoms with Crippen LogP contribution >= 0.6 is 0 Å². The van der Waals surface area contributed by atoms with Crippen LogP contribution in [0.5, 0.6) is 11.5 Å². The average Bonchev–Trinajstić information content (AvgIpc) is 3.19. The van der Waals surface area contributed by atoms with E-state index in [1.54, 1.807) is 26.5 Å². The van der Waals surface area contributed by atoms with Crippen molar-refractivity contribution in [3.8, 4) is 28.4 Å². The van der Waals surface area contributed by atoms with Crippen molar-refractivity contribution in [3.05, 3.63) is 78.7 Å². The van der Waals surface area contributed by atoms with E-state index in [1.807, 2.05) is 53.2 Å². The third-order valence-electron chi connectivity index (χ3n) is 5.13. The number of pyridine rings is 1. The van der Waals surface area contributed by atoms with Crippen molar-refractivity contribution in [2.75, 3.05) is 14.2 Å². The number of aromatic nitrogens is 3. The lowest BCUT2D eigenvalue weighted by Gasteiger charge is -2.08. The molecule has 2 heterocycles. The molecule has 0 spiro atoms. The van der Waals surface area contributed by atoms with Gasteiger partial charge in [-0.15, -0.1) is 0 Å². The summed E-state index contributed by atoms with van der Waals surface area (Å²) in [7, 11) is 3.20. The van der Waals surface area contributed by atoms with Gasteiger partial charge in [0.25, 0.3) is 0 Å². The molecule has 0 N–H and O–H groups in total. The molecule has 0 saturated carbocycles. The Bertz CT molecular complexity index is 1380. The van der Waals surface area contributed by atoms with Gasteiger partial charge in [0.2, 0.25) is 0 Å². The van der Waals surface area contributed by atoms with E-state index in [1.165, 1.54) is 12.1 Å². The van der Waals surface area contributed by atoms with Crippen LogP contribution in [0.4, 0.5) is 4.39 Å². The first-order valence-electron chi connectivity index (χ1n) is 9.44. The van der Waals surface area contributed by atoms with Crippen LogP contribution in [0.2, 0.25) is 0 Å². The van der Waals surface area contributed by atoms with Crippen molar-refractivity contribution in [1.29, 1.82) is 0 Å². The van der Waals surface area contributed by atoms with Crippen LogP contribution in [0.15, 0.2) is 72.9 Å². The Morgan fingerprint density at radius 3 is 2.40 bits per heavy atom. The van der Waals surface area contributed by atoms with Crippen molar-refractivity contribution in [2.24, 2.45) is 0 Å². The van der Waals surface area contributed by atoms with E-state index in [2.05, 4.69) is 4.98 Å². The summed E-state index contributed by atoms with van der Waals surface area (Å²) in [5.74, 6) is 0.932. The van der Waals surface area contributed by atoms with Crippen LogP contribution in [0.1, 0.15) is 0 Å². The minimum atomic E-state index is -0.315. The number of benzene rings is 3. The van der Waals surface area contributed by atoms with Crippen LogP contribution in [0.25, 0.3) is 38.8 Å². The van der Waals surface area contributed by atoms with E-state index in [9.17, 15) is 4.39 Å². The first-order valence-corrected chi connectivity index (χ1v) is 9.44. The van der Waals surface area contributed by atoms with Gasteiger partial charge in [0, 0.05) is 22.5 Å². The summed E-state index contributed by atoms with van der Waals surface area (Å²) in [6.07, 6.45) is 1.79. The largest absolute Gasteiger partial charge is 0.493 e. The maximum atomic E-state index is 14.1. The molecule has 0 fully saturated rings. The van der Waals surface area contributed by atoms with Crippen molar-refractivity contribution in [1.82, 2.24) is 14.8 Å². The number of nitrogens with zero attached hydrogens (tertiary/aromatic N) is 3. The summed E-state index contributed by atoms with van der Waals surface area (Å²) in [4.78, 5) is 4.54. The van der Waals surface area contributed by atoms with E-state index in [0.29, 0.717) is 22.4 Å². The number of fused-ring (bicyclic) bond motifs is 3. The summed E-state index contributed by atoms with van der Waals surface area (Å²) in [6, 6.07) is 20.0. The van der Waals surface area contributed by atoms with Gasteiger partial charge < -0.3 is 9.47 Å². The summed E-state index contributed by atoms with van der Waals surface area (Å²) in [6.45, 7) is 0. The van der Waals surface area contributed by atoms with Crippen LogP contribution in [0, 0.1) is 5.82 Å². The molecular formula is C24H18FN3O2. The molecule has 5 aromatic rings. The van der Waals surface area contributed by atoms with Crippen molar-refractivity contribution < 1.29 is 13.9 Å². The predicted molar refractivity (Wildman–Crippen MR) is 115 cm³/mol. The molecule has 3 aromatic carbocycles. The molecule has 2 aromatic heterocycles.